The van der Waals surface area contributed by atoms with Crippen molar-refractivity contribution in [2.24, 2.45) is 0 Å². The van der Waals surface area contributed by atoms with Crippen LogP contribution in [0, 0.1) is 13.8 Å². The molecule has 0 aliphatic rings. The van der Waals surface area contributed by atoms with Crippen molar-refractivity contribution < 1.29 is 14.3 Å². The molecule has 0 spiro atoms. The highest BCUT2D eigenvalue weighted by Gasteiger charge is 2.12. The standard InChI is InChI=1S/C20H25NO3/c1-5-23-19-11-8-17(12-15(19)3)20(22)21-16(4)13-24-18-9-6-14(2)7-10-18/h6-12,16H,5,13H2,1-4H3,(H,21,22). The summed E-state index contributed by atoms with van der Waals surface area (Å²) in [7, 11) is 0. The molecule has 1 N–H and O–H groups in total. The highest BCUT2D eigenvalue weighted by Crippen LogP contribution is 2.19. The van der Waals surface area contributed by atoms with E-state index in [1.54, 1.807) is 6.07 Å². The maximum Gasteiger partial charge on any atom is 0.251 e. The van der Waals surface area contributed by atoms with Crippen LogP contribution in [0.15, 0.2) is 42.5 Å². The van der Waals surface area contributed by atoms with E-state index in [0.717, 1.165) is 17.1 Å². The average Bonchev–Trinajstić information content (AvgIpc) is 2.56. The Labute approximate surface area is 143 Å². The van der Waals surface area contributed by atoms with Crippen LogP contribution in [0.1, 0.15) is 35.3 Å². The lowest BCUT2D eigenvalue weighted by Gasteiger charge is -2.16. The molecule has 1 unspecified atom stereocenters. The van der Waals surface area contributed by atoms with E-state index in [0.29, 0.717) is 18.8 Å². The Kier molecular flexibility index (Phi) is 6.24. The molecule has 2 rings (SSSR count). The number of nitrogens with one attached hydrogen (secondary N) is 1. The summed E-state index contributed by atoms with van der Waals surface area (Å²) in [5, 5.41) is 2.95. The van der Waals surface area contributed by atoms with Gasteiger partial charge in [0.1, 0.15) is 18.1 Å². The third-order valence-corrected chi connectivity index (χ3v) is 3.64. The molecule has 24 heavy (non-hydrogen) atoms. The molecule has 4 nitrogen and oxygen atoms in total. The minimum absolute atomic E-state index is 0.0920. The van der Waals surface area contributed by atoms with Gasteiger partial charge >= 0.3 is 0 Å². The molecule has 0 radical (unpaired) electrons. The molecule has 128 valence electrons. The molecular formula is C20H25NO3. The van der Waals surface area contributed by atoms with E-state index in [1.807, 2.05) is 64.1 Å². The SMILES string of the molecule is CCOc1ccc(C(=O)NC(C)COc2ccc(C)cc2)cc1C. The van der Waals surface area contributed by atoms with Crippen molar-refractivity contribution in [2.45, 2.75) is 33.7 Å². The van der Waals surface area contributed by atoms with Crippen molar-refractivity contribution in [1.29, 1.82) is 0 Å². The zero-order valence-corrected chi connectivity index (χ0v) is 14.8. The summed E-state index contributed by atoms with van der Waals surface area (Å²) in [5.41, 5.74) is 2.76. The first-order valence-corrected chi connectivity index (χ1v) is 8.23. The topological polar surface area (TPSA) is 47.6 Å². The van der Waals surface area contributed by atoms with Crippen LogP contribution in [0.25, 0.3) is 0 Å². The molecule has 0 aromatic heterocycles. The van der Waals surface area contributed by atoms with Crippen LogP contribution >= 0.6 is 0 Å². The second-order valence-corrected chi connectivity index (χ2v) is 5.91. The van der Waals surface area contributed by atoms with Gasteiger partial charge in [-0.2, -0.15) is 0 Å². The molecule has 0 aliphatic carbocycles. The first kappa shape index (κ1) is 17.9. The first-order valence-electron chi connectivity index (χ1n) is 8.23. The lowest BCUT2D eigenvalue weighted by Crippen LogP contribution is -2.36. The molecule has 2 aromatic carbocycles. The van der Waals surface area contributed by atoms with Crippen LogP contribution in [0.3, 0.4) is 0 Å². The van der Waals surface area contributed by atoms with Gasteiger partial charge in [0.25, 0.3) is 5.91 Å². The summed E-state index contributed by atoms with van der Waals surface area (Å²) in [6, 6.07) is 13.2. The van der Waals surface area contributed by atoms with Crippen LogP contribution in [0.5, 0.6) is 11.5 Å². The average molecular weight is 327 g/mol. The largest absolute Gasteiger partial charge is 0.494 e. The third-order valence-electron chi connectivity index (χ3n) is 3.64. The number of carbonyl (C=O) groups excluding carboxylic acids is 1. The minimum Gasteiger partial charge on any atom is -0.494 e. The van der Waals surface area contributed by atoms with Gasteiger partial charge in [0, 0.05) is 5.56 Å². The molecule has 0 aliphatic heterocycles. The van der Waals surface area contributed by atoms with E-state index in [-0.39, 0.29) is 11.9 Å². The van der Waals surface area contributed by atoms with Crippen LogP contribution in [-0.2, 0) is 0 Å². The second kappa shape index (κ2) is 8.39. The van der Waals surface area contributed by atoms with Gasteiger partial charge < -0.3 is 14.8 Å². The summed E-state index contributed by atoms with van der Waals surface area (Å²) in [6.45, 7) is 8.87. The van der Waals surface area contributed by atoms with Gasteiger partial charge in [-0.05, 0) is 63.6 Å². The molecule has 0 saturated heterocycles. The molecule has 0 saturated carbocycles. The van der Waals surface area contributed by atoms with Crippen LogP contribution in [0.2, 0.25) is 0 Å². The number of ether oxygens (including phenoxy) is 2. The molecule has 1 amide bonds. The van der Waals surface area contributed by atoms with E-state index in [4.69, 9.17) is 9.47 Å². The zero-order valence-electron chi connectivity index (χ0n) is 14.8. The Balaban J connectivity index is 1.89. The Morgan fingerprint density at radius 2 is 1.79 bits per heavy atom. The van der Waals surface area contributed by atoms with Gasteiger partial charge in [-0.25, -0.2) is 0 Å². The monoisotopic (exact) mass is 327 g/mol. The van der Waals surface area contributed by atoms with Gasteiger partial charge in [0.05, 0.1) is 12.6 Å². The maximum absolute atomic E-state index is 12.3. The number of rotatable bonds is 7. The number of carbonyl (C=O) groups is 1. The molecular weight excluding hydrogens is 302 g/mol. The van der Waals surface area contributed by atoms with E-state index in [1.165, 1.54) is 5.56 Å². The third kappa shape index (κ3) is 5.01. The quantitative estimate of drug-likeness (QED) is 0.839. The van der Waals surface area contributed by atoms with Crippen LogP contribution in [-0.4, -0.2) is 25.2 Å². The summed E-state index contributed by atoms with van der Waals surface area (Å²) < 4.78 is 11.2. The normalized spacial score (nSPS) is 11.7. The van der Waals surface area contributed by atoms with Gasteiger partial charge in [0.15, 0.2) is 0 Å². The second-order valence-electron chi connectivity index (χ2n) is 5.91. The Morgan fingerprint density at radius 1 is 1.08 bits per heavy atom. The van der Waals surface area contributed by atoms with Crippen molar-refractivity contribution in [3.05, 3.63) is 59.2 Å². The highest BCUT2D eigenvalue weighted by molar-refractivity contribution is 5.94. The maximum atomic E-state index is 12.3. The summed E-state index contributed by atoms with van der Waals surface area (Å²) >= 11 is 0. The van der Waals surface area contributed by atoms with Gasteiger partial charge in [0.2, 0.25) is 0 Å². The Morgan fingerprint density at radius 3 is 2.42 bits per heavy atom. The molecule has 1 atom stereocenters. The smallest absolute Gasteiger partial charge is 0.251 e. The number of aryl methyl sites for hydroxylation is 2. The molecule has 4 heteroatoms. The first-order chi connectivity index (χ1) is 11.5. The van der Waals surface area contributed by atoms with E-state index in [2.05, 4.69) is 5.32 Å². The Hall–Kier alpha value is -2.49. The molecule has 0 heterocycles. The minimum atomic E-state index is -0.110. The van der Waals surface area contributed by atoms with Crippen LogP contribution in [0.4, 0.5) is 0 Å². The fraction of sp³-hybridized carbons (Fsp3) is 0.350. The molecule has 0 bridgehead atoms. The van der Waals surface area contributed by atoms with Crippen LogP contribution < -0.4 is 14.8 Å². The van der Waals surface area contributed by atoms with Crippen molar-refractivity contribution in [2.75, 3.05) is 13.2 Å². The lowest BCUT2D eigenvalue weighted by molar-refractivity contribution is 0.0926. The van der Waals surface area contributed by atoms with Gasteiger partial charge in [-0.15, -0.1) is 0 Å². The summed E-state index contributed by atoms with van der Waals surface area (Å²) in [6.07, 6.45) is 0. The predicted molar refractivity (Wildman–Crippen MR) is 96.0 cm³/mol. The molecule has 0 fully saturated rings. The van der Waals surface area contributed by atoms with Crippen molar-refractivity contribution in [3.8, 4) is 11.5 Å². The van der Waals surface area contributed by atoms with Gasteiger partial charge in [-0.3, -0.25) is 4.79 Å². The predicted octanol–water partition coefficient (Wildman–Crippen LogP) is 3.90. The van der Waals surface area contributed by atoms with E-state index in [9.17, 15) is 4.79 Å². The van der Waals surface area contributed by atoms with Crippen molar-refractivity contribution in [3.63, 3.8) is 0 Å². The summed E-state index contributed by atoms with van der Waals surface area (Å²) in [5.74, 6) is 1.50. The lowest BCUT2D eigenvalue weighted by atomic mass is 10.1. The van der Waals surface area contributed by atoms with Crippen molar-refractivity contribution in [1.82, 2.24) is 5.32 Å². The highest BCUT2D eigenvalue weighted by atomic mass is 16.5. The zero-order chi connectivity index (χ0) is 17.5. The number of hydrogen-bond donors (Lipinski definition) is 1. The molecule has 2 aromatic rings. The van der Waals surface area contributed by atoms with E-state index >= 15 is 0 Å². The number of amides is 1. The van der Waals surface area contributed by atoms with Gasteiger partial charge in [-0.1, -0.05) is 17.7 Å². The van der Waals surface area contributed by atoms with Crippen molar-refractivity contribution >= 4 is 5.91 Å². The number of hydrogen-bond acceptors (Lipinski definition) is 3. The summed E-state index contributed by atoms with van der Waals surface area (Å²) in [4.78, 5) is 12.3. The van der Waals surface area contributed by atoms with E-state index < -0.39 is 0 Å². The Bertz CT molecular complexity index is 680. The fourth-order valence-electron chi connectivity index (χ4n) is 2.31. The number of benzene rings is 2. The fourth-order valence-corrected chi connectivity index (χ4v) is 2.31.